The molecule has 0 aliphatic rings. The van der Waals surface area contributed by atoms with Gasteiger partial charge in [0.05, 0.1) is 5.69 Å². The average Bonchev–Trinajstić information content (AvgIpc) is 2.66. The average molecular weight is 366 g/mol. The van der Waals surface area contributed by atoms with Gasteiger partial charge in [-0.05, 0) is 30.3 Å². The number of nitrogens with one attached hydrogen (secondary N) is 2. The summed E-state index contributed by atoms with van der Waals surface area (Å²) < 4.78 is 14.4. The lowest BCUT2D eigenvalue weighted by molar-refractivity contribution is -0.117. The Hall–Kier alpha value is -3.81. The first kappa shape index (κ1) is 18.0. The minimum Gasteiger partial charge on any atom is -0.322 e. The first-order valence-corrected chi connectivity index (χ1v) is 8.02. The van der Waals surface area contributed by atoms with E-state index in [0.29, 0.717) is 5.69 Å². The molecule has 0 saturated heterocycles. The molecule has 0 aliphatic heterocycles. The molecule has 0 aliphatic carbocycles. The first-order chi connectivity index (χ1) is 13.0. The third-order valence-corrected chi connectivity index (χ3v) is 3.57. The molecule has 2 amide bonds. The summed E-state index contributed by atoms with van der Waals surface area (Å²) >= 11 is 0. The molecule has 0 atom stereocenters. The van der Waals surface area contributed by atoms with E-state index in [1.807, 2.05) is 6.07 Å². The minimum atomic E-state index is -0.643. The van der Waals surface area contributed by atoms with Crippen molar-refractivity contribution in [3.8, 4) is 0 Å². The standard InChI is InChI=1S/C19H15FN4O3/c20-14-8-4-5-9-15(14)22-17(25)12-24-18(26)11-10-16(23-24)19(27)21-13-6-2-1-3-7-13/h1-11H,12H2,(H,21,27)(H,22,25). The molecular formula is C19H15FN4O3. The molecule has 0 radical (unpaired) electrons. The van der Waals surface area contributed by atoms with Crippen LogP contribution in [-0.4, -0.2) is 21.6 Å². The number of carbonyl (C=O) groups excluding carboxylic acids is 2. The molecule has 1 heterocycles. The Morgan fingerprint density at radius 3 is 2.37 bits per heavy atom. The van der Waals surface area contributed by atoms with Crippen molar-refractivity contribution >= 4 is 23.2 Å². The summed E-state index contributed by atoms with van der Waals surface area (Å²) in [6.07, 6.45) is 0. The van der Waals surface area contributed by atoms with Gasteiger partial charge < -0.3 is 10.6 Å². The predicted molar refractivity (Wildman–Crippen MR) is 97.9 cm³/mol. The molecule has 27 heavy (non-hydrogen) atoms. The molecule has 136 valence electrons. The Kier molecular flexibility index (Phi) is 5.36. The third-order valence-electron chi connectivity index (χ3n) is 3.57. The molecule has 3 aromatic rings. The number of carbonyl (C=O) groups is 2. The molecular weight excluding hydrogens is 351 g/mol. The van der Waals surface area contributed by atoms with E-state index in [0.717, 1.165) is 10.7 Å². The monoisotopic (exact) mass is 366 g/mol. The van der Waals surface area contributed by atoms with Crippen LogP contribution in [0.4, 0.5) is 15.8 Å². The van der Waals surface area contributed by atoms with Crippen LogP contribution >= 0.6 is 0 Å². The van der Waals surface area contributed by atoms with Crippen molar-refractivity contribution in [1.82, 2.24) is 9.78 Å². The topological polar surface area (TPSA) is 93.1 Å². The highest BCUT2D eigenvalue weighted by molar-refractivity contribution is 6.02. The number of hydrogen-bond acceptors (Lipinski definition) is 4. The van der Waals surface area contributed by atoms with Gasteiger partial charge in [0.1, 0.15) is 18.1 Å². The summed E-state index contributed by atoms with van der Waals surface area (Å²) in [5.74, 6) is -1.76. The van der Waals surface area contributed by atoms with E-state index < -0.39 is 29.7 Å². The van der Waals surface area contributed by atoms with Crippen molar-refractivity contribution in [3.05, 3.63) is 88.6 Å². The fraction of sp³-hybridized carbons (Fsp3) is 0.0526. The maximum Gasteiger partial charge on any atom is 0.276 e. The van der Waals surface area contributed by atoms with Crippen molar-refractivity contribution in [3.63, 3.8) is 0 Å². The van der Waals surface area contributed by atoms with Gasteiger partial charge in [0, 0.05) is 11.8 Å². The van der Waals surface area contributed by atoms with Gasteiger partial charge in [-0.1, -0.05) is 30.3 Å². The number of nitrogens with zero attached hydrogens (tertiary/aromatic N) is 2. The molecule has 0 fully saturated rings. The van der Waals surface area contributed by atoms with Gasteiger partial charge in [-0.15, -0.1) is 0 Å². The normalized spacial score (nSPS) is 10.3. The molecule has 3 rings (SSSR count). The second-order valence-electron chi connectivity index (χ2n) is 5.56. The van der Waals surface area contributed by atoms with E-state index in [2.05, 4.69) is 15.7 Å². The number of halogens is 1. The summed E-state index contributed by atoms with van der Waals surface area (Å²) in [7, 11) is 0. The second-order valence-corrected chi connectivity index (χ2v) is 5.56. The van der Waals surface area contributed by atoms with Crippen LogP contribution in [0.1, 0.15) is 10.5 Å². The highest BCUT2D eigenvalue weighted by atomic mass is 19.1. The van der Waals surface area contributed by atoms with Crippen LogP contribution in [0.25, 0.3) is 0 Å². The number of para-hydroxylation sites is 2. The Morgan fingerprint density at radius 1 is 0.926 bits per heavy atom. The van der Waals surface area contributed by atoms with Crippen LogP contribution in [0.15, 0.2) is 71.5 Å². The number of benzene rings is 2. The molecule has 0 spiro atoms. The van der Waals surface area contributed by atoms with Gasteiger partial charge in [-0.3, -0.25) is 14.4 Å². The van der Waals surface area contributed by atoms with Crippen LogP contribution in [0, 0.1) is 5.82 Å². The SMILES string of the molecule is O=C(Cn1nc(C(=O)Nc2ccccc2)ccc1=O)Nc1ccccc1F. The first-order valence-electron chi connectivity index (χ1n) is 8.02. The molecule has 0 bridgehead atoms. The van der Waals surface area contributed by atoms with Crippen LogP contribution in [-0.2, 0) is 11.3 Å². The number of anilines is 2. The predicted octanol–water partition coefficient (Wildman–Crippen LogP) is 2.27. The zero-order valence-corrected chi connectivity index (χ0v) is 14.1. The van der Waals surface area contributed by atoms with E-state index in [1.165, 1.54) is 24.3 Å². The zero-order chi connectivity index (χ0) is 19.2. The summed E-state index contributed by atoms with van der Waals surface area (Å²) in [5.41, 5.74) is -0.0278. The Balaban J connectivity index is 1.73. The van der Waals surface area contributed by atoms with E-state index >= 15 is 0 Å². The maximum absolute atomic E-state index is 13.6. The van der Waals surface area contributed by atoms with Gasteiger partial charge in [-0.25, -0.2) is 9.07 Å². The lowest BCUT2D eigenvalue weighted by Gasteiger charge is -2.09. The largest absolute Gasteiger partial charge is 0.322 e. The van der Waals surface area contributed by atoms with Gasteiger partial charge in [0.15, 0.2) is 0 Å². The zero-order valence-electron chi connectivity index (χ0n) is 14.1. The Morgan fingerprint density at radius 2 is 1.63 bits per heavy atom. The summed E-state index contributed by atoms with van der Waals surface area (Å²) in [5, 5.41) is 8.91. The summed E-state index contributed by atoms with van der Waals surface area (Å²) in [4.78, 5) is 36.3. The van der Waals surface area contributed by atoms with E-state index in [4.69, 9.17) is 0 Å². The summed E-state index contributed by atoms with van der Waals surface area (Å²) in [6.45, 7) is -0.459. The van der Waals surface area contributed by atoms with Gasteiger partial charge in [0.25, 0.3) is 11.5 Å². The number of aromatic nitrogens is 2. The van der Waals surface area contributed by atoms with Gasteiger partial charge in [0.2, 0.25) is 5.91 Å². The van der Waals surface area contributed by atoms with Crippen molar-refractivity contribution in [2.75, 3.05) is 10.6 Å². The lowest BCUT2D eigenvalue weighted by Crippen LogP contribution is -2.31. The van der Waals surface area contributed by atoms with Crippen molar-refractivity contribution in [1.29, 1.82) is 0 Å². The van der Waals surface area contributed by atoms with E-state index in [1.54, 1.807) is 30.3 Å². The highest BCUT2D eigenvalue weighted by Gasteiger charge is 2.13. The third kappa shape index (κ3) is 4.63. The Bertz CT molecular complexity index is 1030. The van der Waals surface area contributed by atoms with E-state index in [9.17, 15) is 18.8 Å². The van der Waals surface area contributed by atoms with Crippen molar-refractivity contribution in [2.24, 2.45) is 0 Å². The van der Waals surface area contributed by atoms with E-state index in [-0.39, 0.29) is 11.4 Å². The quantitative estimate of drug-likeness (QED) is 0.724. The highest BCUT2D eigenvalue weighted by Crippen LogP contribution is 2.12. The van der Waals surface area contributed by atoms with Crippen LogP contribution in [0.3, 0.4) is 0 Å². The number of rotatable bonds is 5. The maximum atomic E-state index is 13.6. The van der Waals surface area contributed by atoms with Crippen LogP contribution < -0.4 is 16.2 Å². The molecule has 1 aromatic heterocycles. The molecule has 2 N–H and O–H groups in total. The summed E-state index contributed by atoms with van der Waals surface area (Å²) in [6, 6.07) is 16.8. The molecule has 0 unspecified atom stereocenters. The minimum absolute atomic E-state index is 0.00600. The molecule has 7 nitrogen and oxygen atoms in total. The smallest absolute Gasteiger partial charge is 0.276 e. The fourth-order valence-corrected chi connectivity index (χ4v) is 2.29. The molecule has 0 saturated carbocycles. The number of hydrogen-bond donors (Lipinski definition) is 2. The van der Waals surface area contributed by atoms with Crippen LogP contribution in [0.5, 0.6) is 0 Å². The molecule has 2 aromatic carbocycles. The van der Waals surface area contributed by atoms with Crippen LogP contribution in [0.2, 0.25) is 0 Å². The van der Waals surface area contributed by atoms with Crippen molar-refractivity contribution in [2.45, 2.75) is 6.54 Å². The fourth-order valence-electron chi connectivity index (χ4n) is 2.29. The molecule has 8 heteroatoms. The second kappa shape index (κ2) is 8.05. The Labute approximate surface area is 153 Å². The lowest BCUT2D eigenvalue weighted by atomic mass is 10.3. The van der Waals surface area contributed by atoms with Gasteiger partial charge in [-0.2, -0.15) is 5.10 Å². The number of amides is 2. The van der Waals surface area contributed by atoms with Gasteiger partial charge >= 0.3 is 0 Å². The van der Waals surface area contributed by atoms with Crippen molar-refractivity contribution < 1.29 is 14.0 Å².